The molecular formula is C23H28O3. The Morgan fingerprint density at radius 2 is 1.58 bits per heavy atom. The lowest BCUT2D eigenvalue weighted by Gasteiger charge is -2.12. The van der Waals surface area contributed by atoms with Crippen molar-refractivity contribution in [1.82, 2.24) is 0 Å². The molecule has 0 fully saturated rings. The van der Waals surface area contributed by atoms with Gasteiger partial charge in [0.15, 0.2) is 5.78 Å². The van der Waals surface area contributed by atoms with Gasteiger partial charge in [0.2, 0.25) is 0 Å². The molecule has 0 aliphatic carbocycles. The topological polar surface area (TPSA) is 54.4 Å². The average Bonchev–Trinajstić information content (AvgIpc) is 2.65. The standard InChI is InChI=1S/C23H28O3/c1-2-3-4-5-6-7-8-9-14-21(23(25)26)22(24)20-16-15-18-12-10-11-13-19(18)17-20/h2,10-13,15-17,21H,1,3-9,14H2,(H,25,26). The van der Waals surface area contributed by atoms with Crippen molar-refractivity contribution in [2.45, 2.75) is 51.4 Å². The Balaban J connectivity index is 1.88. The Bertz CT molecular complexity index is 748. The molecule has 0 heterocycles. The van der Waals surface area contributed by atoms with Gasteiger partial charge in [-0.1, -0.05) is 74.6 Å². The lowest BCUT2D eigenvalue weighted by atomic mass is 9.91. The van der Waals surface area contributed by atoms with Crippen LogP contribution in [0.3, 0.4) is 0 Å². The van der Waals surface area contributed by atoms with Crippen LogP contribution in [-0.4, -0.2) is 16.9 Å². The molecule has 0 saturated carbocycles. The molecule has 0 bridgehead atoms. The summed E-state index contributed by atoms with van der Waals surface area (Å²) < 4.78 is 0. The molecule has 0 aliphatic rings. The Labute approximate surface area is 155 Å². The van der Waals surface area contributed by atoms with E-state index in [9.17, 15) is 14.7 Å². The second-order valence-corrected chi connectivity index (χ2v) is 6.80. The Morgan fingerprint density at radius 1 is 0.923 bits per heavy atom. The highest BCUT2D eigenvalue weighted by molar-refractivity contribution is 6.09. The molecule has 1 atom stereocenters. The molecule has 1 N–H and O–H groups in total. The van der Waals surface area contributed by atoms with Crippen LogP contribution < -0.4 is 0 Å². The predicted octanol–water partition coefficient (Wildman–Crippen LogP) is 6.03. The molecule has 2 aromatic carbocycles. The lowest BCUT2D eigenvalue weighted by Crippen LogP contribution is -2.24. The summed E-state index contributed by atoms with van der Waals surface area (Å²) in [4.78, 5) is 24.3. The largest absolute Gasteiger partial charge is 0.481 e. The number of unbranched alkanes of at least 4 members (excludes halogenated alkanes) is 6. The summed E-state index contributed by atoms with van der Waals surface area (Å²) in [7, 11) is 0. The first kappa shape index (κ1) is 19.9. The minimum Gasteiger partial charge on any atom is -0.481 e. The van der Waals surface area contributed by atoms with Crippen molar-refractivity contribution < 1.29 is 14.7 Å². The fourth-order valence-electron chi connectivity index (χ4n) is 3.25. The highest BCUT2D eigenvalue weighted by Gasteiger charge is 2.26. The van der Waals surface area contributed by atoms with Gasteiger partial charge in [0, 0.05) is 5.56 Å². The van der Waals surface area contributed by atoms with Crippen LogP contribution in [-0.2, 0) is 4.79 Å². The first-order valence-corrected chi connectivity index (χ1v) is 9.50. The van der Waals surface area contributed by atoms with E-state index in [4.69, 9.17) is 0 Å². The molecule has 0 aliphatic heterocycles. The number of rotatable bonds is 12. The highest BCUT2D eigenvalue weighted by Crippen LogP contribution is 2.21. The predicted molar refractivity (Wildman–Crippen MR) is 107 cm³/mol. The zero-order valence-electron chi connectivity index (χ0n) is 15.3. The van der Waals surface area contributed by atoms with Crippen molar-refractivity contribution >= 4 is 22.5 Å². The highest BCUT2D eigenvalue weighted by atomic mass is 16.4. The van der Waals surface area contributed by atoms with E-state index in [0.29, 0.717) is 12.0 Å². The van der Waals surface area contributed by atoms with Crippen molar-refractivity contribution in [3.05, 3.63) is 60.7 Å². The number of allylic oxidation sites excluding steroid dienone is 1. The maximum atomic E-state index is 12.7. The molecule has 138 valence electrons. The first-order chi connectivity index (χ1) is 12.6. The number of Topliss-reactive ketones (excluding diaryl/α,β-unsaturated/α-hetero) is 1. The van der Waals surface area contributed by atoms with Crippen LogP contribution in [0.25, 0.3) is 10.8 Å². The van der Waals surface area contributed by atoms with Crippen LogP contribution in [0.4, 0.5) is 0 Å². The number of hydrogen-bond donors (Lipinski definition) is 1. The van der Waals surface area contributed by atoms with E-state index in [-0.39, 0.29) is 5.78 Å². The minimum atomic E-state index is -1.02. The maximum Gasteiger partial charge on any atom is 0.314 e. The summed E-state index contributed by atoms with van der Waals surface area (Å²) in [6.07, 6.45) is 9.76. The van der Waals surface area contributed by atoms with Gasteiger partial charge in [-0.05, 0) is 36.1 Å². The van der Waals surface area contributed by atoms with Gasteiger partial charge < -0.3 is 5.11 Å². The van der Waals surface area contributed by atoms with Crippen LogP contribution in [0.1, 0.15) is 61.7 Å². The summed E-state index contributed by atoms with van der Waals surface area (Å²) in [6.45, 7) is 3.71. The number of carboxylic acid groups (broad SMARTS) is 1. The third kappa shape index (κ3) is 5.83. The smallest absolute Gasteiger partial charge is 0.314 e. The summed E-state index contributed by atoms with van der Waals surface area (Å²) >= 11 is 0. The quantitative estimate of drug-likeness (QED) is 0.220. The average molecular weight is 352 g/mol. The fourth-order valence-corrected chi connectivity index (χ4v) is 3.25. The van der Waals surface area contributed by atoms with Gasteiger partial charge in [-0.2, -0.15) is 0 Å². The summed E-state index contributed by atoms with van der Waals surface area (Å²) in [5.74, 6) is -2.25. The SMILES string of the molecule is C=CCCCCCCCCC(C(=O)O)C(=O)c1ccc2ccccc2c1. The molecule has 2 aromatic rings. The second-order valence-electron chi connectivity index (χ2n) is 6.80. The number of hydrogen-bond acceptors (Lipinski definition) is 2. The zero-order valence-corrected chi connectivity index (χ0v) is 15.3. The summed E-state index contributed by atoms with van der Waals surface area (Å²) in [5, 5.41) is 11.5. The number of benzene rings is 2. The van der Waals surface area contributed by atoms with E-state index < -0.39 is 11.9 Å². The molecule has 0 amide bonds. The van der Waals surface area contributed by atoms with Crippen LogP contribution in [0.5, 0.6) is 0 Å². The van der Waals surface area contributed by atoms with Gasteiger partial charge >= 0.3 is 5.97 Å². The normalized spacial score (nSPS) is 12.0. The van der Waals surface area contributed by atoms with Crippen molar-refractivity contribution in [2.24, 2.45) is 5.92 Å². The summed E-state index contributed by atoms with van der Waals surface area (Å²) in [6, 6.07) is 13.2. The number of carboxylic acids is 1. The Morgan fingerprint density at radius 3 is 2.27 bits per heavy atom. The van der Waals surface area contributed by atoms with Crippen molar-refractivity contribution in [3.8, 4) is 0 Å². The molecule has 2 rings (SSSR count). The zero-order chi connectivity index (χ0) is 18.8. The molecule has 0 spiro atoms. The van der Waals surface area contributed by atoms with Crippen LogP contribution >= 0.6 is 0 Å². The van der Waals surface area contributed by atoms with E-state index in [1.807, 2.05) is 36.4 Å². The first-order valence-electron chi connectivity index (χ1n) is 9.50. The van der Waals surface area contributed by atoms with E-state index in [1.165, 1.54) is 12.8 Å². The molecule has 3 heteroatoms. The van der Waals surface area contributed by atoms with E-state index in [1.54, 1.807) is 12.1 Å². The number of fused-ring (bicyclic) bond motifs is 1. The molecule has 0 aromatic heterocycles. The number of aliphatic carboxylic acids is 1. The van der Waals surface area contributed by atoms with Crippen LogP contribution in [0, 0.1) is 5.92 Å². The molecule has 1 unspecified atom stereocenters. The van der Waals surface area contributed by atoms with Crippen molar-refractivity contribution in [3.63, 3.8) is 0 Å². The minimum absolute atomic E-state index is 0.283. The summed E-state index contributed by atoms with van der Waals surface area (Å²) in [5.41, 5.74) is 0.487. The monoisotopic (exact) mass is 352 g/mol. The van der Waals surface area contributed by atoms with Gasteiger partial charge in [0.25, 0.3) is 0 Å². The van der Waals surface area contributed by atoms with Gasteiger partial charge in [-0.25, -0.2) is 0 Å². The van der Waals surface area contributed by atoms with E-state index >= 15 is 0 Å². The van der Waals surface area contributed by atoms with E-state index in [2.05, 4.69) is 6.58 Å². The number of ketones is 1. The van der Waals surface area contributed by atoms with Gasteiger partial charge in [0.1, 0.15) is 5.92 Å². The van der Waals surface area contributed by atoms with Gasteiger partial charge in [-0.3, -0.25) is 9.59 Å². The number of carbonyl (C=O) groups excluding carboxylic acids is 1. The third-order valence-electron chi connectivity index (χ3n) is 4.80. The molecule has 3 nitrogen and oxygen atoms in total. The van der Waals surface area contributed by atoms with Crippen molar-refractivity contribution in [2.75, 3.05) is 0 Å². The second kappa shape index (κ2) is 10.5. The van der Waals surface area contributed by atoms with E-state index in [0.717, 1.165) is 42.9 Å². The molecule has 26 heavy (non-hydrogen) atoms. The maximum absolute atomic E-state index is 12.7. The lowest BCUT2D eigenvalue weighted by molar-refractivity contribution is -0.140. The third-order valence-corrected chi connectivity index (χ3v) is 4.80. The number of carbonyl (C=O) groups is 2. The molecular weight excluding hydrogens is 324 g/mol. The fraction of sp³-hybridized carbons (Fsp3) is 0.391. The Kier molecular flexibility index (Phi) is 8.07. The Hall–Kier alpha value is -2.42. The molecule has 0 saturated heterocycles. The van der Waals surface area contributed by atoms with Crippen LogP contribution in [0.2, 0.25) is 0 Å². The molecule has 0 radical (unpaired) electrons. The van der Waals surface area contributed by atoms with Crippen LogP contribution in [0.15, 0.2) is 55.1 Å². The van der Waals surface area contributed by atoms with Gasteiger partial charge in [0.05, 0.1) is 0 Å². The van der Waals surface area contributed by atoms with Gasteiger partial charge in [-0.15, -0.1) is 6.58 Å². The van der Waals surface area contributed by atoms with Crippen molar-refractivity contribution in [1.29, 1.82) is 0 Å².